The van der Waals surface area contributed by atoms with Crippen LogP contribution in [0.1, 0.15) is 27.7 Å². The maximum atomic E-state index is 10.7. The van der Waals surface area contributed by atoms with Gasteiger partial charge in [-0.15, -0.1) is 0 Å². The number of hydrogen-bond acceptors (Lipinski definition) is 8. The summed E-state index contributed by atoms with van der Waals surface area (Å²) in [6.45, 7) is 6.98. The van der Waals surface area contributed by atoms with Gasteiger partial charge in [0.05, 0.1) is 12.2 Å². The number of carbonyl (C=O) groups is 2. The SMILES string of the molecule is CC(C)OC(=O)Cl.CSC(=N)N.CSC(=N)NC(=O)OC(C)C. The smallest absolute Gasteiger partial charge is 0.413 e. The third-order valence-corrected chi connectivity index (χ3v) is 2.35. The van der Waals surface area contributed by atoms with Crippen molar-refractivity contribution in [1.82, 2.24) is 5.32 Å². The van der Waals surface area contributed by atoms with E-state index in [0.717, 1.165) is 11.8 Å². The van der Waals surface area contributed by atoms with Gasteiger partial charge < -0.3 is 15.2 Å². The zero-order valence-corrected chi connectivity index (χ0v) is 16.4. The molecule has 5 N–H and O–H groups in total. The number of rotatable bonds is 2. The molecule has 1 amide bonds. The molecule has 0 spiro atoms. The molecule has 0 fully saturated rings. The maximum absolute atomic E-state index is 10.7. The molecule has 0 heterocycles. The summed E-state index contributed by atoms with van der Waals surface area (Å²) in [6, 6.07) is 0. The Bertz CT molecular complexity index is 382. The van der Waals surface area contributed by atoms with E-state index in [-0.39, 0.29) is 22.5 Å². The monoisotopic (exact) mass is 388 g/mol. The van der Waals surface area contributed by atoms with Crippen molar-refractivity contribution >= 4 is 57.0 Å². The van der Waals surface area contributed by atoms with Gasteiger partial charge in [-0.25, -0.2) is 9.59 Å². The summed E-state index contributed by atoms with van der Waals surface area (Å²) in [5.74, 6) is 0. The van der Waals surface area contributed by atoms with Gasteiger partial charge in [0.1, 0.15) is 0 Å². The number of alkyl carbamates (subject to hydrolysis) is 1. The van der Waals surface area contributed by atoms with E-state index >= 15 is 0 Å². The second kappa shape index (κ2) is 17.2. The molecule has 0 saturated carbocycles. The minimum atomic E-state index is -0.741. The number of amidine groups is 2. The van der Waals surface area contributed by atoms with E-state index in [1.807, 2.05) is 0 Å². The molecule has 0 radical (unpaired) electrons. The summed E-state index contributed by atoms with van der Waals surface area (Å²) in [5, 5.41) is 16.1. The van der Waals surface area contributed by atoms with Crippen LogP contribution in [0, 0.1) is 10.8 Å². The number of carbonyl (C=O) groups excluding carboxylic acids is 2. The Hall–Kier alpha value is -1.13. The van der Waals surface area contributed by atoms with Gasteiger partial charge in [0.25, 0.3) is 0 Å². The maximum Gasteiger partial charge on any atom is 0.413 e. The van der Waals surface area contributed by atoms with E-state index in [4.69, 9.17) is 32.9 Å². The number of nitrogens with two attached hydrogens (primary N) is 1. The van der Waals surface area contributed by atoms with Crippen molar-refractivity contribution in [2.24, 2.45) is 5.73 Å². The average Bonchev–Trinajstić information content (AvgIpc) is 2.37. The fourth-order valence-electron chi connectivity index (χ4n) is 0.573. The van der Waals surface area contributed by atoms with Crippen LogP contribution in [0.3, 0.4) is 0 Å². The topological polar surface area (TPSA) is 138 Å². The molecular formula is C12H25ClN4O4S2. The molecule has 0 aromatic heterocycles. The molecule has 0 atom stereocenters. The summed E-state index contributed by atoms with van der Waals surface area (Å²) in [7, 11) is 0. The third kappa shape index (κ3) is 33.6. The number of amides is 1. The van der Waals surface area contributed by atoms with Crippen LogP contribution in [0.15, 0.2) is 0 Å². The highest BCUT2D eigenvalue weighted by molar-refractivity contribution is 8.13. The highest BCUT2D eigenvalue weighted by Gasteiger charge is 2.05. The van der Waals surface area contributed by atoms with Crippen LogP contribution in [-0.4, -0.2) is 46.6 Å². The second-order valence-corrected chi connectivity index (χ2v) is 6.06. The first kappa shape index (κ1) is 26.8. The van der Waals surface area contributed by atoms with Crippen LogP contribution in [0.2, 0.25) is 0 Å². The standard InChI is InChI=1S/C6H12N2O2S.C4H7ClO2.C2H6N2S/c1-4(2)10-6(9)8-5(7)11-3;1-3(2)7-4(5)6;1-5-2(3)4/h4H,1-3H3,(H2,7,8,9);3H,1-2H3;1H3,(H3,3,4). The van der Waals surface area contributed by atoms with Gasteiger partial charge in [-0.05, 0) is 40.2 Å². The molecule has 0 unspecified atom stereocenters. The van der Waals surface area contributed by atoms with Crippen LogP contribution in [-0.2, 0) is 9.47 Å². The van der Waals surface area contributed by atoms with Crippen LogP contribution in [0.25, 0.3) is 0 Å². The fraction of sp³-hybridized carbons (Fsp3) is 0.667. The van der Waals surface area contributed by atoms with Crippen molar-refractivity contribution in [2.45, 2.75) is 39.9 Å². The zero-order chi connectivity index (χ0) is 19.0. The highest BCUT2D eigenvalue weighted by atomic mass is 35.5. The van der Waals surface area contributed by atoms with Gasteiger partial charge in [-0.3, -0.25) is 16.1 Å². The summed E-state index contributed by atoms with van der Waals surface area (Å²) in [5.41, 5.74) is 4.10. The van der Waals surface area contributed by atoms with E-state index in [0.29, 0.717) is 0 Å². The predicted octanol–water partition coefficient (Wildman–Crippen LogP) is 3.43. The van der Waals surface area contributed by atoms with Crippen LogP contribution in [0.4, 0.5) is 9.59 Å². The minimum absolute atomic E-state index is 0.0932. The van der Waals surface area contributed by atoms with Gasteiger partial charge >= 0.3 is 11.5 Å². The molecule has 0 aliphatic rings. The number of halogens is 1. The summed E-state index contributed by atoms with van der Waals surface area (Å²) < 4.78 is 9.10. The van der Waals surface area contributed by atoms with Gasteiger partial charge in [0.15, 0.2) is 10.3 Å². The molecule has 8 nitrogen and oxygen atoms in total. The lowest BCUT2D eigenvalue weighted by molar-refractivity contribution is 0.120. The van der Waals surface area contributed by atoms with Gasteiger partial charge in [-0.1, -0.05) is 23.5 Å². The number of thioether (sulfide) groups is 2. The largest absolute Gasteiger partial charge is 0.451 e. The van der Waals surface area contributed by atoms with Gasteiger partial charge in [0, 0.05) is 11.6 Å². The predicted molar refractivity (Wildman–Crippen MR) is 98.9 cm³/mol. The van der Waals surface area contributed by atoms with Crippen LogP contribution < -0.4 is 11.1 Å². The third-order valence-electron chi connectivity index (χ3n) is 1.31. The lowest BCUT2D eigenvalue weighted by Crippen LogP contribution is -2.30. The Balaban J connectivity index is -0.000000286. The molecule has 0 bridgehead atoms. The molecular weight excluding hydrogens is 364 g/mol. The quantitative estimate of drug-likeness (QED) is 0.323. The first-order chi connectivity index (χ1) is 10.5. The molecule has 11 heteroatoms. The summed E-state index contributed by atoms with van der Waals surface area (Å²) in [6.07, 6.45) is 2.65. The van der Waals surface area contributed by atoms with E-state index in [1.165, 1.54) is 11.8 Å². The number of nitrogens with one attached hydrogen (secondary N) is 3. The van der Waals surface area contributed by atoms with E-state index in [1.54, 1.807) is 40.2 Å². The van der Waals surface area contributed by atoms with Gasteiger partial charge in [-0.2, -0.15) is 0 Å². The molecule has 0 aromatic carbocycles. The number of ether oxygens (including phenoxy) is 2. The number of hydrogen-bond donors (Lipinski definition) is 4. The minimum Gasteiger partial charge on any atom is -0.451 e. The van der Waals surface area contributed by atoms with Gasteiger partial charge in [0.2, 0.25) is 0 Å². The molecule has 0 aliphatic heterocycles. The molecule has 0 aromatic rings. The first-order valence-electron chi connectivity index (χ1n) is 6.30. The molecule has 0 saturated heterocycles. The lowest BCUT2D eigenvalue weighted by Gasteiger charge is -2.08. The second-order valence-electron chi connectivity index (χ2n) is 4.08. The van der Waals surface area contributed by atoms with Crippen molar-refractivity contribution in [2.75, 3.05) is 12.5 Å². The molecule has 23 heavy (non-hydrogen) atoms. The molecule has 136 valence electrons. The molecule has 0 aliphatic carbocycles. The fourth-order valence-corrected chi connectivity index (χ4v) is 0.936. The van der Waals surface area contributed by atoms with Crippen LogP contribution >= 0.6 is 35.1 Å². The zero-order valence-electron chi connectivity index (χ0n) is 14.1. The Labute approximate surface area is 150 Å². The van der Waals surface area contributed by atoms with Crippen molar-refractivity contribution in [1.29, 1.82) is 10.8 Å². The summed E-state index contributed by atoms with van der Waals surface area (Å²) in [4.78, 5) is 20.5. The van der Waals surface area contributed by atoms with Crippen LogP contribution in [0.5, 0.6) is 0 Å². The van der Waals surface area contributed by atoms with E-state index in [9.17, 15) is 9.59 Å². The van der Waals surface area contributed by atoms with Crippen molar-refractivity contribution < 1.29 is 19.1 Å². The molecule has 0 rings (SSSR count). The summed E-state index contributed by atoms with van der Waals surface area (Å²) >= 11 is 7.20. The van der Waals surface area contributed by atoms with Crippen molar-refractivity contribution in [3.63, 3.8) is 0 Å². The Kier molecular flexibility index (Phi) is 20.0. The Morgan fingerprint density at radius 2 is 1.43 bits per heavy atom. The Morgan fingerprint density at radius 1 is 1.04 bits per heavy atom. The average molecular weight is 389 g/mol. The van der Waals surface area contributed by atoms with E-state index < -0.39 is 11.5 Å². The van der Waals surface area contributed by atoms with E-state index in [2.05, 4.69) is 10.1 Å². The van der Waals surface area contributed by atoms with Crippen molar-refractivity contribution in [3.8, 4) is 0 Å². The normalized spacial score (nSPS) is 8.91. The first-order valence-corrected chi connectivity index (χ1v) is 9.13. The van der Waals surface area contributed by atoms with Crippen molar-refractivity contribution in [3.05, 3.63) is 0 Å². The Morgan fingerprint density at radius 3 is 1.61 bits per heavy atom. The highest BCUT2D eigenvalue weighted by Crippen LogP contribution is 1.93. The lowest BCUT2D eigenvalue weighted by atomic mass is 10.5.